The van der Waals surface area contributed by atoms with Crippen molar-refractivity contribution in [1.29, 1.82) is 5.26 Å². The van der Waals surface area contributed by atoms with Gasteiger partial charge in [-0.25, -0.2) is 5.84 Å². The van der Waals surface area contributed by atoms with Gasteiger partial charge in [-0.05, 0) is 23.6 Å². The molecule has 0 aliphatic carbocycles. The average Bonchev–Trinajstić information content (AvgIpc) is 3.01. The van der Waals surface area contributed by atoms with Crippen molar-refractivity contribution >= 4 is 28.4 Å². The molecule has 17 heavy (non-hydrogen) atoms. The number of hydrazine groups is 1. The van der Waals surface area contributed by atoms with Gasteiger partial charge in [-0.3, -0.25) is 0 Å². The molecule has 0 unspecified atom stereocenters. The van der Waals surface area contributed by atoms with Gasteiger partial charge in [0.25, 0.3) is 0 Å². The smallest absolute Gasteiger partial charge is 0.152 e. The molecule has 0 fully saturated rings. The normalized spacial score (nSPS) is 11.8. The molecule has 2 aromatic rings. The Kier molecular flexibility index (Phi) is 3.44. The Bertz CT molecular complexity index is 575. The van der Waals surface area contributed by atoms with E-state index in [-0.39, 0.29) is 5.70 Å². The Balaban J connectivity index is 2.38. The van der Waals surface area contributed by atoms with E-state index < -0.39 is 0 Å². The maximum atomic E-state index is 8.82. The van der Waals surface area contributed by atoms with Crippen LogP contribution in [-0.4, -0.2) is 0 Å². The van der Waals surface area contributed by atoms with Crippen LogP contribution in [0.5, 0.6) is 0 Å². The van der Waals surface area contributed by atoms with Crippen LogP contribution in [0.25, 0.3) is 15.5 Å². The Morgan fingerprint density at radius 1 is 1.29 bits per heavy atom. The molecular weight excluding hydrogens is 252 g/mol. The summed E-state index contributed by atoms with van der Waals surface area (Å²) in [7, 11) is 0. The number of rotatable bonds is 3. The van der Waals surface area contributed by atoms with Gasteiger partial charge in [-0.15, -0.1) is 22.7 Å². The van der Waals surface area contributed by atoms with Gasteiger partial charge in [0.15, 0.2) is 5.70 Å². The molecule has 0 atom stereocenters. The summed E-state index contributed by atoms with van der Waals surface area (Å²) in [6, 6.07) is 9.85. The first-order chi connectivity index (χ1) is 8.26. The third-order valence-corrected chi connectivity index (χ3v) is 4.35. The second-order valence-corrected chi connectivity index (χ2v) is 5.22. The molecule has 0 spiro atoms. The molecule has 0 aliphatic heterocycles. The van der Waals surface area contributed by atoms with Crippen molar-refractivity contribution in [3.8, 4) is 15.8 Å². The molecule has 4 nitrogen and oxygen atoms in total. The zero-order valence-electron chi connectivity index (χ0n) is 8.81. The highest BCUT2D eigenvalue weighted by molar-refractivity contribution is 7.21. The molecule has 0 bridgehead atoms. The van der Waals surface area contributed by atoms with Gasteiger partial charge >= 0.3 is 0 Å². The SMILES string of the molecule is N#C/C(NN)=C(/N)c1ccc(-c2cccs2)s1. The van der Waals surface area contributed by atoms with E-state index in [1.807, 2.05) is 35.7 Å². The Labute approximate surface area is 107 Å². The predicted molar refractivity (Wildman–Crippen MR) is 71.7 cm³/mol. The lowest BCUT2D eigenvalue weighted by atomic mass is 10.3. The van der Waals surface area contributed by atoms with Gasteiger partial charge in [0.2, 0.25) is 0 Å². The van der Waals surface area contributed by atoms with E-state index in [9.17, 15) is 0 Å². The standard InChI is InChI=1S/C11H10N4S2/c12-6-7(15-14)11(13)10-4-3-9(17-10)8-2-1-5-16-8/h1-5,15H,13-14H2/b11-7-. The summed E-state index contributed by atoms with van der Waals surface area (Å²) in [5.74, 6) is 5.22. The maximum absolute atomic E-state index is 8.82. The van der Waals surface area contributed by atoms with Gasteiger partial charge < -0.3 is 11.2 Å². The number of nitrogens with one attached hydrogen (secondary N) is 1. The van der Waals surface area contributed by atoms with Crippen molar-refractivity contribution in [2.75, 3.05) is 0 Å². The molecular formula is C11H10N4S2. The van der Waals surface area contributed by atoms with Crippen LogP contribution >= 0.6 is 22.7 Å². The van der Waals surface area contributed by atoms with E-state index in [2.05, 4.69) is 5.43 Å². The fourth-order valence-electron chi connectivity index (χ4n) is 1.33. The molecule has 2 aromatic heterocycles. The van der Waals surface area contributed by atoms with Crippen molar-refractivity contribution in [3.63, 3.8) is 0 Å². The van der Waals surface area contributed by atoms with Gasteiger partial charge in [-0.2, -0.15) is 5.26 Å². The van der Waals surface area contributed by atoms with E-state index in [1.54, 1.807) is 11.3 Å². The van der Waals surface area contributed by atoms with Crippen LogP contribution in [0, 0.1) is 11.3 Å². The topological polar surface area (TPSA) is 87.9 Å². The van der Waals surface area contributed by atoms with Crippen LogP contribution in [0.1, 0.15) is 4.88 Å². The Morgan fingerprint density at radius 3 is 2.71 bits per heavy atom. The van der Waals surface area contributed by atoms with E-state index in [4.69, 9.17) is 16.8 Å². The summed E-state index contributed by atoms with van der Waals surface area (Å²) in [6.45, 7) is 0. The lowest BCUT2D eigenvalue weighted by Crippen LogP contribution is -2.23. The number of hydrogen-bond donors (Lipinski definition) is 3. The van der Waals surface area contributed by atoms with Crippen LogP contribution in [0.4, 0.5) is 0 Å². The molecule has 0 aliphatic rings. The summed E-state index contributed by atoms with van der Waals surface area (Å²) < 4.78 is 0. The first-order valence-electron chi connectivity index (χ1n) is 4.77. The fourth-order valence-corrected chi connectivity index (χ4v) is 3.13. The second kappa shape index (κ2) is 5.01. The van der Waals surface area contributed by atoms with E-state index in [1.165, 1.54) is 16.2 Å². The number of thiophene rings is 2. The largest absolute Gasteiger partial charge is 0.395 e. The summed E-state index contributed by atoms with van der Waals surface area (Å²) in [5.41, 5.74) is 8.71. The van der Waals surface area contributed by atoms with Crippen molar-refractivity contribution in [1.82, 2.24) is 5.43 Å². The van der Waals surface area contributed by atoms with Crippen LogP contribution in [0.2, 0.25) is 0 Å². The highest BCUT2D eigenvalue weighted by Gasteiger charge is 2.09. The number of hydrogen-bond acceptors (Lipinski definition) is 6. The number of nitrogens with two attached hydrogens (primary N) is 2. The lowest BCUT2D eigenvalue weighted by molar-refractivity contribution is 0.921. The van der Waals surface area contributed by atoms with Crippen LogP contribution < -0.4 is 17.0 Å². The molecule has 5 N–H and O–H groups in total. The molecule has 0 radical (unpaired) electrons. The fraction of sp³-hybridized carbons (Fsp3) is 0. The number of nitrogens with zero attached hydrogens (tertiary/aromatic N) is 1. The van der Waals surface area contributed by atoms with Crippen molar-refractivity contribution in [2.24, 2.45) is 11.6 Å². The Morgan fingerprint density at radius 2 is 2.12 bits per heavy atom. The van der Waals surface area contributed by atoms with Gasteiger partial charge in [0, 0.05) is 9.75 Å². The van der Waals surface area contributed by atoms with E-state index >= 15 is 0 Å². The number of allylic oxidation sites excluding steroid dienone is 1. The summed E-state index contributed by atoms with van der Waals surface area (Å²) in [4.78, 5) is 3.16. The molecule has 86 valence electrons. The minimum absolute atomic E-state index is 0.185. The summed E-state index contributed by atoms with van der Waals surface area (Å²) in [6.07, 6.45) is 0. The third kappa shape index (κ3) is 2.31. The summed E-state index contributed by atoms with van der Waals surface area (Å²) in [5, 5.41) is 10.8. The van der Waals surface area contributed by atoms with Crippen LogP contribution in [0.3, 0.4) is 0 Å². The summed E-state index contributed by atoms with van der Waals surface area (Å²) >= 11 is 3.21. The quantitative estimate of drug-likeness (QED) is 0.449. The maximum Gasteiger partial charge on any atom is 0.152 e. The lowest BCUT2D eigenvalue weighted by Gasteiger charge is -2.01. The third-order valence-electron chi connectivity index (χ3n) is 2.16. The molecule has 0 saturated carbocycles. The van der Waals surface area contributed by atoms with Crippen molar-refractivity contribution < 1.29 is 0 Å². The van der Waals surface area contributed by atoms with Crippen molar-refractivity contribution in [3.05, 3.63) is 40.2 Å². The zero-order valence-corrected chi connectivity index (χ0v) is 10.4. The van der Waals surface area contributed by atoms with Crippen LogP contribution in [0.15, 0.2) is 35.3 Å². The molecule has 0 aromatic carbocycles. The first-order valence-corrected chi connectivity index (χ1v) is 6.46. The van der Waals surface area contributed by atoms with Gasteiger partial charge in [0.1, 0.15) is 6.07 Å². The first kappa shape index (κ1) is 11.7. The Hall–Kier alpha value is -1.81. The molecule has 2 heterocycles. The minimum Gasteiger partial charge on any atom is -0.395 e. The minimum atomic E-state index is 0.185. The molecule has 0 amide bonds. The number of nitriles is 1. The zero-order chi connectivity index (χ0) is 12.3. The molecule has 2 rings (SSSR count). The van der Waals surface area contributed by atoms with Crippen molar-refractivity contribution in [2.45, 2.75) is 0 Å². The highest BCUT2D eigenvalue weighted by atomic mass is 32.1. The predicted octanol–water partition coefficient (Wildman–Crippen LogP) is 2.09. The van der Waals surface area contributed by atoms with E-state index in [0.717, 1.165) is 9.75 Å². The van der Waals surface area contributed by atoms with Crippen LogP contribution in [-0.2, 0) is 0 Å². The molecule has 6 heteroatoms. The second-order valence-electron chi connectivity index (χ2n) is 3.19. The highest BCUT2D eigenvalue weighted by Crippen LogP contribution is 2.33. The van der Waals surface area contributed by atoms with Gasteiger partial charge in [0.05, 0.1) is 10.6 Å². The average molecular weight is 262 g/mol. The van der Waals surface area contributed by atoms with Gasteiger partial charge in [-0.1, -0.05) is 6.07 Å². The van der Waals surface area contributed by atoms with E-state index in [0.29, 0.717) is 5.70 Å². The monoisotopic (exact) mass is 262 g/mol. The molecule has 0 saturated heterocycles.